The number of aliphatic hydroxyl groups is 1. The molecule has 182 valence electrons. The Morgan fingerprint density at radius 3 is 2.19 bits per heavy atom. The van der Waals surface area contributed by atoms with Crippen LogP contribution in [0.5, 0.6) is 0 Å². The fourth-order valence-corrected chi connectivity index (χ4v) is 4.32. The van der Waals surface area contributed by atoms with E-state index in [0.717, 1.165) is 32.1 Å². The molecule has 5 atom stereocenters. The second kappa shape index (κ2) is 14.8. The number of carbonyl (C=O) groups is 3. The molecule has 0 radical (unpaired) electrons. The molecule has 1 aliphatic rings. The van der Waals surface area contributed by atoms with E-state index in [9.17, 15) is 19.5 Å². The summed E-state index contributed by atoms with van der Waals surface area (Å²) >= 11 is 0. The maximum absolute atomic E-state index is 11.7. The zero-order valence-electron chi connectivity index (χ0n) is 19.9. The first kappa shape index (κ1) is 27.9. The van der Waals surface area contributed by atoms with E-state index in [1.165, 1.54) is 19.4 Å². The van der Waals surface area contributed by atoms with Gasteiger partial charge in [0, 0.05) is 38.5 Å². The standard InChI is InChI=1S/C25H40O7/c1-17(2)10-9-11-20(28)14-15-22-21(12-7-5-6-8-13-25(29)30)23(31-18(3)26)16-24(22)32-19(4)27/h10,14-15,20-24,28H,5-9,11-13,16H2,1-4H3,(H,29,30)/b15-14+/t20-,21+,22+,23-,24+/m0/s1. The maximum Gasteiger partial charge on any atom is 0.303 e. The SMILES string of the molecule is CC(=O)O[C@H]1C[C@@H](OC(C)=O)[C@H](/C=C/[C@@H](O)CCC=C(C)C)[C@H]1CCCCCCC(=O)O. The first-order chi connectivity index (χ1) is 15.1. The Morgan fingerprint density at radius 1 is 0.969 bits per heavy atom. The summed E-state index contributed by atoms with van der Waals surface area (Å²) < 4.78 is 11.1. The number of hydrogen-bond acceptors (Lipinski definition) is 6. The molecule has 2 N–H and O–H groups in total. The van der Waals surface area contributed by atoms with Gasteiger partial charge in [-0.3, -0.25) is 14.4 Å². The Kier molecular flexibility index (Phi) is 12.9. The first-order valence-corrected chi connectivity index (χ1v) is 11.7. The number of hydrogen-bond donors (Lipinski definition) is 2. The maximum atomic E-state index is 11.7. The van der Waals surface area contributed by atoms with Crippen LogP contribution in [0.25, 0.3) is 0 Å². The molecule has 32 heavy (non-hydrogen) atoms. The van der Waals surface area contributed by atoms with Gasteiger partial charge in [0.1, 0.15) is 12.2 Å². The van der Waals surface area contributed by atoms with Gasteiger partial charge in [-0.1, -0.05) is 43.1 Å². The van der Waals surface area contributed by atoms with E-state index in [4.69, 9.17) is 14.6 Å². The van der Waals surface area contributed by atoms with Crippen molar-refractivity contribution in [1.82, 2.24) is 0 Å². The highest BCUT2D eigenvalue weighted by Gasteiger charge is 2.45. The average Bonchev–Trinajstić information content (AvgIpc) is 2.96. The minimum atomic E-state index is -0.784. The van der Waals surface area contributed by atoms with Crippen molar-refractivity contribution < 1.29 is 34.1 Å². The van der Waals surface area contributed by atoms with Gasteiger partial charge in [0.25, 0.3) is 0 Å². The first-order valence-electron chi connectivity index (χ1n) is 11.7. The van der Waals surface area contributed by atoms with Crippen LogP contribution in [0.2, 0.25) is 0 Å². The molecule has 0 aromatic rings. The molecule has 1 fully saturated rings. The number of esters is 2. The van der Waals surface area contributed by atoms with Gasteiger partial charge < -0.3 is 19.7 Å². The van der Waals surface area contributed by atoms with Crippen LogP contribution in [0.4, 0.5) is 0 Å². The summed E-state index contributed by atoms with van der Waals surface area (Å²) in [6.07, 6.45) is 10.4. The molecule has 0 amide bonds. The van der Waals surface area contributed by atoms with Crippen molar-refractivity contribution >= 4 is 17.9 Å². The number of rotatable bonds is 14. The minimum absolute atomic E-state index is 0.0241. The Labute approximate surface area is 191 Å². The summed E-state index contributed by atoms with van der Waals surface area (Å²) in [4.78, 5) is 34.0. The molecule has 1 rings (SSSR count). The van der Waals surface area contributed by atoms with E-state index in [1.807, 2.05) is 19.9 Å². The van der Waals surface area contributed by atoms with Gasteiger partial charge in [0.2, 0.25) is 0 Å². The lowest BCUT2D eigenvalue weighted by Gasteiger charge is -2.24. The number of carboxylic acid groups (broad SMARTS) is 1. The lowest BCUT2D eigenvalue weighted by molar-refractivity contribution is -0.149. The summed E-state index contributed by atoms with van der Waals surface area (Å²) in [6.45, 7) is 6.78. The molecule has 0 saturated heterocycles. The number of allylic oxidation sites excluding steroid dienone is 2. The zero-order valence-corrected chi connectivity index (χ0v) is 19.9. The van der Waals surface area contributed by atoms with E-state index in [0.29, 0.717) is 19.3 Å². The van der Waals surface area contributed by atoms with E-state index in [-0.39, 0.29) is 36.3 Å². The summed E-state index contributed by atoms with van der Waals surface area (Å²) in [5.41, 5.74) is 1.21. The molecule has 1 aliphatic carbocycles. The van der Waals surface area contributed by atoms with Crippen LogP contribution in [0.3, 0.4) is 0 Å². The van der Waals surface area contributed by atoms with E-state index in [1.54, 1.807) is 6.08 Å². The largest absolute Gasteiger partial charge is 0.481 e. The molecule has 0 bridgehead atoms. The molecule has 0 aromatic carbocycles. The fraction of sp³-hybridized carbons (Fsp3) is 0.720. The summed E-state index contributed by atoms with van der Waals surface area (Å²) in [5.74, 6) is -1.71. The zero-order chi connectivity index (χ0) is 24.1. The van der Waals surface area contributed by atoms with Crippen molar-refractivity contribution in [3.63, 3.8) is 0 Å². The van der Waals surface area contributed by atoms with E-state index < -0.39 is 18.2 Å². The van der Waals surface area contributed by atoms with E-state index in [2.05, 4.69) is 6.08 Å². The molecular weight excluding hydrogens is 412 g/mol. The molecule has 0 heterocycles. The van der Waals surface area contributed by atoms with Crippen LogP contribution in [0, 0.1) is 11.8 Å². The number of aliphatic carboxylic acids is 1. The molecule has 0 spiro atoms. The predicted octanol–water partition coefficient (Wildman–Crippen LogP) is 4.57. The quantitative estimate of drug-likeness (QED) is 0.226. The second-order valence-corrected chi connectivity index (χ2v) is 8.93. The van der Waals surface area contributed by atoms with Crippen LogP contribution in [0.1, 0.15) is 85.5 Å². The Morgan fingerprint density at radius 2 is 1.59 bits per heavy atom. The summed E-state index contributed by atoms with van der Waals surface area (Å²) in [5, 5.41) is 19.1. The third-order valence-electron chi connectivity index (χ3n) is 5.75. The number of carboxylic acids is 1. The van der Waals surface area contributed by atoms with Gasteiger partial charge in [0.05, 0.1) is 6.10 Å². The van der Waals surface area contributed by atoms with Crippen molar-refractivity contribution in [3.8, 4) is 0 Å². The fourth-order valence-electron chi connectivity index (χ4n) is 4.32. The summed E-state index contributed by atoms with van der Waals surface area (Å²) in [6, 6.07) is 0. The van der Waals surface area contributed by atoms with Gasteiger partial charge in [-0.2, -0.15) is 0 Å². The number of aliphatic hydroxyl groups excluding tert-OH is 1. The highest BCUT2D eigenvalue weighted by Crippen LogP contribution is 2.41. The Balaban J connectivity index is 2.84. The number of carbonyl (C=O) groups excluding carboxylic acids is 2. The lowest BCUT2D eigenvalue weighted by Crippen LogP contribution is -2.25. The molecule has 1 saturated carbocycles. The second-order valence-electron chi connectivity index (χ2n) is 8.93. The van der Waals surface area contributed by atoms with Crippen molar-refractivity contribution in [2.24, 2.45) is 11.8 Å². The molecular formula is C25H40O7. The van der Waals surface area contributed by atoms with Gasteiger partial charge in [0.15, 0.2) is 0 Å². The predicted molar refractivity (Wildman–Crippen MR) is 122 cm³/mol. The van der Waals surface area contributed by atoms with Crippen molar-refractivity contribution in [2.75, 3.05) is 0 Å². The summed E-state index contributed by atoms with van der Waals surface area (Å²) in [7, 11) is 0. The van der Waals surface area contributed by atoms with Crippen LogP contribution >= 0.6 is 0 Å². The van der Waals surface area contributed by atoms with Gasteiger partial charge in [-0.25, -0.2) is 0 Å². The van der Waals surface area contributed by atoms with Gasteiger partial charge in [-0.15, -0.1) is 0 Å². The minimum Gasteiger partial charge on any atom is -0.481 e. The number of ether oxygens (including phenoxy) is 2. The van der Waals surface area contributed by atoms with Crippen LogP contribution in [-0.2, 0) is 23.9 Å². The highest BCUT2D eigenvalue weighted by atomic mass is 16.6. The highest BCUT2D eigenvalue weighted by molar-refractivity contribution is 5.67. The number of unbranched alkanes of at least 4 members (excludes halogenated alkanes) is 3. The molecule has 0 aromatic heterocycles. The third-order valence-corrected chi connectivity index (χ3v) is 5.75. The van der Waals surface area contributed by atoms with Crippen molar-refractivity contribution in [2.45, 2.75) is 104 Å². The van der Waals surface area contributed by atoms with E-state index >= 15 is 0 Å². The average molecular weight is 453 g/mol. The lowest BCUT2D eigenvalue weighted by atomic mass is 9.87. The smallest absolute Gasteiger partial charge is 0.303 e. The monoisotopic (exact) mass is 452 g/mol. The van der Waals surface area contributed by atoms with Crippen LogP contribution in [0.15, 0.2) is 23.8 Å². The molecule has 7 heteroatoms. The van der Waals surface area contributed by atoms with Gasteiger partial charge >= 0.3 is 17.9 Å². The normalized spacial score (nSPS) is 23.7. The third kappa shape index (κ3) is 11.5. The van der Waals surface area contributed by atoms with Crippen molar-refractivity contribution in [1.29, 1.82) is 0 Å². The Hall–Kier alpha value is -2.15. The topological polar surface area (TPSA) is 110 Å². The van der Waals surface area contributed by atoms with Gasteiger partial charge in [-0.05, 0) is 39.5 Å². The molecule has 0 unspecified atom stereocenters. The molecule has 7 nitrogen and oxygen atoms in total. The Bertz CT molecular complexity index is 663. The van der Waals surface area contributed by atoms with Crippen LogP contribution in [-0.4, -0.2) is 46.4 Å². The van der Waals surface area contributed by atoms with Crippen LogP contribution < -0.4 is 0 Å². The molecule has 0 aliphatic heterocycles. The van der Waals surface area contributed by atoms with Crippen molar-refractivity contribution in [3.05, 3.63) is 23.8 Å².